The zero-order valence-corrected chi connectivity index (χ0v) is 19.5. The Morgan fingerprint density at radius 3 is 2.42 bits per heavy atom. The predicted molar refractivity (Wildman–Crippen MR) is 113 cm³/mol. The summed E-state index contributed by atoms with van der Waals surface area (Å²) in [6.45, 7) is -0.826. The van der Waals surface area contributed by atoms with Crippen LogP contribution < -0.4 is 4.74 Å². The van der Waals surface area contributed by atoms with Gasteiger partial charge in [-0.3, -0.25) is 4.79 Å². The van der Waals surface area contributed by atoms with E-state index in [0.717, 1.165) is 0 Å². The molecule has 0 bridgehead atoms. The summed E-state index contributed by atoms with van der Waals surface area (Å²) in [5.41, 5.74) is -1.63. The summed E-state index contributed by atoms with van der Waals surface area (Å²) in [6.07, 6.45) is -10.5. The number of fused-ring (bicyclic) bond motifs is 2. The monoisotopic (exact) mass is 512 g/mol. The normalized spacial score (nSPS) is 43.9. The second kappa shape index (κ2) is 9.19. The Kier molecular flexibility index (Phi) is 6.46. The third kappa shape index (κ3) is 3.46. The number of ether oxygens (including phenoxy) is 7. The summed E-state index contributed by atoms with van der Waals surface area (Å²) in [4.78, 5) is 26.2. The molecule has 4 N–H and O–H groups in total. The maximum absolute atomic E-state index is 13.5. The highest BCUT2D eigenvalue weighted by Gasteiger charge is 2.83. The summed E-state index contributed by atoms with van der Waals surface area (Å²) >= 11 is 0. The second-order valence-electron chi connectivity index (χ2n) is 9.13. The van der Waals surface area contributed by atoms with E-state index in [0.29, 0.717) is 11.3 Å². The van der Waals surface area contributed by atoms with E-state index in [-0.39, 0.29) is 13.0 Å². The van der Waals surface area contributed by atoms with E-state index in [9.17, 15) is 30.0 Å². The summed E-state index contributed by atoms with van der Waals surface area (Å²) in [5.74, 6) is -4.20. The first-order valence-corrected chi connectivity index (χ1v) is 11.4. The molecule has 3 unspecified atom stereocenters. The molecule has 4 saturated heterocycles. The number of rotatable bonds is 6. The van der Waals surface area contributed by atoms with Crippen molar-refractivity contribution in [2.24, 2.45) is 0 Å². The number of carbonyl (C=O) groups is 2. The molecule has 0 saturated carbocycles. The maximum Gasteiger partial charge on any atom is 0.357 e. The van der Waals surface area contributed by atoms with Gasteiger partial charge >= 0.3 is 11.9 Å². The van der Waals surface area contributed by atoms with Gasteiger partial charge in [0.2, 0.25) is 0 Å². The van der Waals surface area contributed by atoms with Crippen molar-refractivity contribution in [2.75, 3.05) is 27.4 Å². The summed E-state index contributed by atoms with van der Waals surface area (Å²) in [6, 6.07) is 6.64. The van der Waals surface area contributed by atoms with Crippen molar-refractivity contribution < 1.29 is 63.2 Å². The van der Waals surface area contributed by atoms with Crippen molar-refractivity contribution >= 4 is 11.9 Å². The quantitative estimate of drug-likeness (QED) is 0.306. The van der Waals surface area contributed by atoms with Crippen LogP contribution in [-0.4, -0.2) is 114 Å². The van der Waals surface area contributed by atoms with Gasteiger partial charge in [-0.15, -0.1) is 0 Å². The molecule has 10 atom stereocenters. The van der Waals surface area contributed by atoms with Crippen LogP contribution in [0, 0.1) is 0 Å². The van der Waals surface area contributed by atoms with Gasteiger partial charge in [-0.2, -0.15) is 0 Å². The highest BCUT2D eigenvalue weighted by molar-refractivity contribution is 5.92. The van der Waals surface area contributed by atoms with E-state index in [1.165, 1.54) is 14.2 Å². The molecule has 0 radical (unpaired) electrons. The van der Waals surface area contributed by atoms with Crippen LogP contribution in [0.2, 0.25) is 0 Å². The highest BCUT2D eigenvalue weighted by atomic mass is 16.8. The lowest BCUT2D eigenvalue weighted by Gasteiger charge is -2.45. The lowest BCUT2D eigenvalue weighted by molar-refractivity contribution is -0.389. The fourth-order valence-electron chi connectivity index (χ4n) is 5.44. The lowest BCUT2D eigenvalue weighted by atomic mass is 9.75. The number of hydrogen-bond donors (Lipinski definition) is 4. The molecule has 0 aliphatic carbocycles. The minimum atomic E-state index is -2.16. The first-order chi connectivity index (χ1) is 17.2. The fourth-order valence-corrected chi connectivity index (χ4v) is 5.44. The molecule has 36 heavy (non-hydrogen) atoms. The van der Waals surface area contributed by atoms with Gasteiger partial charge in [-0.05, 0) is 17.7 Å². The topological polar surface area (TPSA) is 180 Å². The summed E-state index contributed by atoms with van der Waals surface area (Å²) in [7, 11) is 2.87. The van der Waals surface area contributed by atoms with Crippen molar-refractivity contribution in [1.82, 2.24) is 0 Å². The molecule has 5 rings (SSSR count). The van der Waals surface area contributed by atoms with Gasteiger partial charge < -0.3 is 53.6 Å². The largest absolute Gasteiger partial charge is 0.497 e. The molecule has 4 heterocycles. The van der Waals surface area contributed by atoms with E-state index in [1.54, 1.807) is 24.3 Å². The molecule has 0 amide bonds. The van der Waals surface area contributed by atoms with Gasteiger partial charge in [0.05, 0.1) is 32.7 Å². The lowest BCUT2D eigenvalue weighted by Crippen LogP contribution is -2.67. The molecule has 4 aliphatic rings. The number of aliphatic hydroxyl groups is 4. The smallest absolute Gasteiger partial charge is 0.357 e. The highest BCUT2D eigenvalue weighted by Crippen LogP contribution is 2.59. The third-order valence-electron chi connectivity index (χ3n) is 7.33. The van der Waals surface area contributed by atoms with Gasteiger partial charge in [-0.1, -0.05) is 12.1 Å². The predicted octanol–water partition coefficient (Wildman–Crippen LogP) is -2.05. The Hall–Kier alpha value is -2.36. The van der Waals surface area contributed by atoms with Crippen LogP contribution in [0.25, 0.3) is 0 Å². The molecule has 4 aliphatic heterocycles. The Labute approximate surface area is 205 Å². The zero-order valence-electron chi connectivity index (χ0n) is 19.5. The molecule has 198 valence electrons. The van der Waals surface area contributed by atoms with Gasteiger partial charge in [0.1, 0.15) is 36.3 Å². The second-order valence-corrected chi connectivity index (χ2v) is 9.13. The average Bonchev–Trinajstić information content (AvgIpc) is 3.49. The molecule has 0 aromatic heterocycles. The standard InChI is InChI=1S/C23H28O13/c1-30-11-5-3-10(4-6-11)12-7-15(25)35-22(12)21(29)34-19-14(31-2)9-32-23(19,22)36-20-18(28)17(27)16(26)13(8-24)33-20/h3-6,12-14,16-20,24,26-28H,7-9H2,1-2H3/t12-,13-,14?,16+,17-,18+,19?,20-,22-,23?/m1/s1. The number of esters is 2. The molecular weight excluding hydrogens is 484 g/mol. The van der Waals surface area contributed by atoms with Crippen LogP contribution in [-0.2, 0) is 38.0 Å². The van der Waals surface area contributed by atoms with Crippen LogP contribution in [0.3, 0.4) is 0 Å². The Morgan fingerprint density at radius 1 is 1.06 bits per heavy atom. The third-order valence-corrected chi connectivity index (χ3v) is 7.33. The molecule has 1 spiro atoms. The van der Waals surface area contributed by atoms with Gasteiger partial charge in [0, 0.05) is 7.11 Å². The minimum Gasteiger partial charge on any atom is -0.497 e. The number of hydrogen-bond acceptors (Lipinski definition) is 13. The van der Waals surface area contributed by atoms with E-state index in [4.69, 9.17) is 33.2 Å². The van der Waals surface area contributed by atoms with Gasteiger partial charge in [0.25, 0.3) is 11.4 Å². The van der Waals surface area contributed by atoms with E-state index < -0.39 is 78.8 Å². The van der Waals surface area contributed by atoms with Crippen molar-refractivity contribution in [3.05, 3.63) is 29.8 Å². The molecule has 1 aromatic carbocycles. The van der Waals surface area contributed by atoms with E-state index >= 15 is 0 Å². The van der Waals surface area contributed by atoms with Crippen molar-refractivity contribution in [3.8, 4) is 5.75 Å². The first kappa shape index (κ1) is 25.3. The minimum absolute atomic E-state index is 0.125. The van der Waals surface area contributed by atoms with Crippen molar-refractivity contribution in [1.29, 1.82) is 0 Å². The first-order valence-electron chi connectivity index (χ1n) is 11.4. The van der Waals surface area contributed by atoms with Gasteiger partial charge in [-0.25, -0.2) is 4.79 Å². The van der Waals surface area contributed by atoms with Crippen LogP contribution in [0.5, 0.6) is 5.75 Å². The molecule has 4 fully saturated rings. The number of benzene rings is 1. The van der Waals surface area contributed by atoms with Crippen molar-refractivity contribution in [2.45, 2.75) is 66.6 Å². The maximum atomic E-state index is 13.5. The van der Waals surface area contributed by atoms with Crippen LogP contribution in [0.1, 0.15) is 17.9 Å². The molecule has 13 nitrogen and oxygen atoms in total. The molecular formula is C23H28O13. The molecule has 1 aromatic rings. The number of carbonyl (C=O) groups excluding carboxylic acids is 2. The van der Waals surface area contributed by atoms with Crippen LogP contribution in [0.4, 0.5) is 0 Å². The molecule has 13 heteroatoms. The Morgan fingerprint density at radius 2 is 1.78 bits per heavy atom. The fraction of sp³-hybridized carbons (Fsp3) is 0.652. The van der Waals surface area contributed by atoms with Crippen LogP contribution >= 0.6 is 0 Å². The Bertz CT molecular complexity index is 998. The van der Waals surface area contributed by atoms with Crippen molar-refractivity contribution in [3.63, 3.8) is 0 Å². The summed E-state index contributed by atoms with van der Waals surface area (Å²) in [5, 5.41) is 40.7. The number of aliphatic hydroxyl groups excluding tert-OH is 4. The van der Waals surface area contributed by atoms with E-state index in [2.05, 4.69) is 0 Å². The average molecular weight is 512 g/mol. The number of methoxy groups -OCH3 is 2. The SMILES string of the molecule is COc1ccc([C@H]2CC(=O)O[C@@]23C(=O)OC2C(OC)COC23O[C@H]2O[C@H](CO)[C@H](O)[C@@H](O)[C@@H]2O)cc1. The summed E-state index contributed by atoms with van der Waals surface area (Å²) < 4.78 is 39.6. The van der Waals surface area contributed by atoms with Gasteiger partial charge in [0.15, 0.2) is 12.4 Å². The van der Waals surface area contributed by atoms with Crippen LogP contribution in [0.15, 0.2) is 24.3 Å². The van der Waals surface area contributed by atoms with E-state index in [1.807, 2.05) is 0 Å². The zero-order chi connectivity index (χ0) is 25.8. The Balaban J connectivity index is 1.60.